The molecule has 1 aliphatic carbocycles. The Kier molecular flexibility index (Phi) is 10.5. The summed E-state index contributed by atoms with van der Waals surface area (Å²) < 4.78 is 37.0. The van der Waals surface area contributed by atoms with E-state index in [0.29, 0.717) is 24.7 Å². The highest BCUT2D eigenvalue weighted by Gasteiger charge is 2.51. The van der Waals surface area contributed by atoms with Crippen molar-refractivity contribution in [3.63, 3.8) is 0 Å². The van der Waals surface area contributed by atoms with Crippen molar-refractivity contribution >= 4 is 11.9 Å². The van der Waals surface area contributed by atoms with Gasteiger partial charge in [0.05, 0.1) is 31.8 Å². The van der Waals surface area contributed by atoms with Crippen molar-refractivity contribution in [1.82, 2.24) is 0 Å². The fourth-order valence-corrected chi connectivity index (χ4v) is 6.31. The maximum atomic E-state index is 12.8. The van der Waals surface area contributed by atoms with Gasteiger partial charge in [0, 0.05) is 22.3 Å². The molecule has 0 N–H and O–H groups in total. The minimum absolute atomic E-state index is 0.207. The van der Waals surface area contributed by atoms with Crippen LogP contribution in [0.1, 0.15) is 63.8 Å². The molecule has 8 heteroatoms. The first-order chi connectivity index (χ1) is 23.6. The fraction of sp³-hybridized carbons (Fsp3) is 0.268. The van der Waals surface area contributed by atoms with Crippen molar-refractivity contribution in [3.8, 4) is 45.6 Å². The van der Waals surface area contributed by atoms with E-state index in [1.54, 1.807) is 26.0 Å². The molecule has 0 amide bonds. The lowest BCUT2D eigenvalue weighted by atomic mass is 9.66. The number of hydrogen-bond acceptors (Lipinski definition) is 8. The molecule has 8 nitrogen and oxygen atoms in total. The number of carbonyl (C=O) groups excluding carboxylic acids is 2. The van der Waals surface area contributed by atoms with Crippen molar-refractivity contribution in [2.45, 2.75) is 47.0 Å². The monoisotopic (exact) mass is 662 g/mol. The predicted molar refractivity (Wildman–Crippen MR) is 189 cm³/mol. The molecular formula is C41H42O8. The van der Waals surface area contributed by atoms with E-state index in [9.17, 15) is 9.59 Å². The number of ether oxygens (including phenoxy) is 6. The summed E-state index contributed by atoms with van der Waals surface area (Å²) in [5.74, 6) is 0.629. The average molecular weight is 663 g/mol. The normalized spacial score (nSPS) is 12.3. The Bertz CT molecular complexity index is 1780. The summed E-state index contributed by atoms with van der Waals surface area (Å²) in [6.07, 6.45) is 0. The van der Waals surface area contributed by atoms with Crippen LogP contribution < -0.4 is 28.4 Å². The van der Waals surface area contributed by atoms with Crippen LogP contribution in [0.3, 0.4) is 0 Å². The van der Waals surface area contributed by atoms with Gasteiger partial charge in [0.25, 0.3) is 0 Å². The Morgan fingerprint density at radius 3 is 1.20 bits per heavy atom. The zero-order chi connectivity index (χ0) is 35.3. The molecule has 4 aromatic rings. The molecule has 0 heterocycles. The Morgan fingerprint density at radius 1 is 0.510 bits per heavy atom. The Balaban J connectivity index is 1.97. The third-order valence-electron chi connectivity index (χ3n) is 8.17. The van der Waals surface area contributed by atoms with Crippen molar-refractivity contribution in [3.05, 3.63) is 119 Å². The summed E-state index contributed by atoms with van der Waals surface area (Å²) >= 11 is 0. The lowest BCUT2D eigenvalue weighted by molar-refractivity contribution is -0.131. The molecule has 0 aromatic heterocycles. The van der Waals surface area contributed by atoms with Gasteiger partial charge in [-0.2, -0.15) is 0 Å². The van der Waals surface area contributed by atoms with Gasteiger partial charge in [-0.25, -0.2) is 9.59 Å². The number of fused-ring (bicyclic) bond motifs is 3. The van der Waals surface area contributed by atoms with Gasteiger partial charge in [-0.1, -0.05) is 61.7 Å². The highest BCUT2D eigenvalue weighted by atomic mass is 16.6. The number of rotatable bonds is 14. The smallest absolute Gasteiger partial charge is 0.338 e. The van der Waals surface area contributed by atoms with Gasteiger partial charge in [0.1, 0.15) is 0 Å². The molecule has 5 rings (SSSR count). The number of benzene rings is 4. The molecule has 254 valence electrons. The zero-order valence-corrected chi connectivity index (χ0v) is 28.9. The summed E-state index contributed by atoms with van der Waals surface area (Å²) in [7, 11) is 0. The van der Waals surface area contributed by atoms with Crippen LogP contribution in [-0.4, -0.2) is 38.4 Å². The molecule has 1 aliphatic rings. The molecule has 0 saturated carbocycles. The Hall–Kier alpha value is -5.50. The van der Waals surface area contributed by atoms with E-state index in [1.165, 1.54) is 0 Å². The summed E-state index contributed by atoms with van der Waals surface area (Å²) in [5, 5.41) is 0. The Morgan fingerprint density at radius 2 is 0.857 bits per heavy atom. The molecule has 0 atom stereocenters. The Labute approximate surface area is 287 Å². The summed E-state index contributed by atoms with van der Waals surface area (Å²) in [4.78, 5) is 25.5. The van der Waals surface area contributed by atoms with Crippen LogP contribution in [0, 0.1) is 0 Å². The van der Waals surface area contributed by atoms with E-state index in [1.807, 2.05) is 64.1 Å². The lowest BCUT2D eigenvalue weighted by Gasteiger charge is -2.37. The number of hydrogen-bond donors (Lipinski definition) is 0. The third kappa shape index (κ3) is 6.15. The molecule has 0 saturated heterocycles. The van der Waals surface area contributed by atoms with E-state index >= 15 is 0 Å². The van der Waals surface area contributed by atoms with E-state index in [0.717, 1.165) is 33.4 Å². The summed E-state index contributed by atoms with van der Waals surface area (Å²) in [5.41, 5.74) is 4.83. The summed E-state index contributed by atoms with van der Waals surface area (Å²) in [6.45, 7) is 19.3. The molecule has 49 heavy (non-hydrogen) atoms. The van der Waals surface area contributed by atoms with Crippen LogP contribution in [0.5, 0.6) is 34.5 Å². The molecule has 0 radical (unpaired) electrons. The van der Waals surface area contributed by atoms with Gasteiger partial charge < -0.3 is 28.4 Å². The molecular weight excluding hydrogens is 620 g/mol. The molecule has 0 spiro atoms. The topological polar surface area (TPSA) is 89.5 Å². The zero-order valence-electron chi connectivity index (χ0n) is 28.9. The second-order valence-electron chi connectivity index (χ2n) is 11.5. The molecule has 4 aromatic carbocycles. The fourth-order valence-electron chi connectivity index (χ4n) is 6.31. The van der Waals surface area contributed by atoms with E-state index in [4.69, 9.17) is 28.4 Å². The highest BCUT2D eigenvalue weighted by molar-refractivity contribution is 5.92. The van der Waals surface area contributed by atoms with E-state index in [-0.39, 0.29) is 47.4 Å². The molecule has 0 fully saturated rings. The summed E-state index contributed by atoms with van der Waals surface area (Å²) in [6, 6.07) is 23.6. The quantitative estimate of drug-likeness (QED) is 0.0664. The van der Waals surface area contributed by atoms with Crippen molar-refractivity contribution < 1.29 is 38.0 Å². The lowest BCUT2D eigenvalue weighted by Crippen LogP contribution is -2.31. The van der Waals surface area contributed by atoms with Crippen LogP contribution in [-0.2, 0) is 15.0 Å². The largest absolute Gasteiger partial charge is 0.489 e. The number of esters is 2. The van der Waals surface area contributed by atoms with Gasteiger partial charge in [0.15, 0.2) is 23.0 Å². The van der Waals surface area contributed by atoms with Crippen molar-refractivity contribution in [1.29, 1.82) is 0 Å². The van der Waals surface area contributed by atoms with Crippen LogP contribution in [0.15, 0.2) is 97.1 Å². The van der Waals surface area contributed by atoms with Gasteiger partial charge in [-0.3, -0.25) is 0 Å². The van der Waals surface area contributed by atoms with Crippen LogP contribution in [0.25, 0.3) is 11.1 Å². The number of carbonyl (C=O) groups is 2. The first kappa shape index (κ1) is 34.8. The minimum Gasteiger partial charge on any atom is -0.489 e. The molecule has 0 aliphatic heterocycles. The second kappa shape index (κ2) is 14.7. The van der Waals surface area contributed by atoms with Crippen LogP contribution in [0.2, 0.25) is 0 Å². The predicted octanol–water partition coefficient (Wildman–Crippen LogP) is 8.61. The first-order valence-corrected chi connectivity index (χ1v) is 16.5. The standard InChI is InChI=1S/C41H42O8/c1-9-44-35-31(21-23-33(37(35)46-11-3)48-39(42)25(5)6)41(29-19-15-13-17-27(29)28-18-14-16-20-30(28)41)32-22-24-34(49-40(43)26(7)8)38(47-12-4)36(32)45-10-2/h13-24H,5,7,9-12H2,1-4,6,8H3. The highest BCUT2D eigenvalue weighted by Crippen LogP contribution is 2.62. The second-order valence-corrected chi connectivity index (χ2v) is 11.5. The average Bonchev–Trinajstić information content (AvgIpc) is 3.38. The van der Waals surface area contributed by atoms with Crippen LogP contribution in [0.4, 0.5) is 0 Å². The van der Waals surface area contributed by atoms with Crippen molar-refractivity contribution in [2.24, 2.45) is 0 Å². The van der Waals surface area contributed by atoms with Crippen molar-refractivity contribution in [2.75, 3.05) is 26.4 Å². The first-order valence-electron chi connectivity index (χ1n) is 16.5. The van der Waals surface area contributed by atoms with Gasteiger partial charge in [-0.05, 0) is 88.1 Å². The third-order valence-corrected chi connectivity index (χ3v) is 8.17. The molecule has 0 bridgehead atoms. The minimum atomic E-state index is -1.08. The van der Waals surface area contributed by atoms with Gasteiger partial charge in [-0.15, -0.1) is 0 Å². The van der Waals surface area contributed by atoms with E-state index in [2.05, 4.69) is 37.4 Å². The SMILES string of the molecule is C=C(C)C(=O)Oc1ccc(C2(c3ccc(OC(=O)C(=C)C)c(OCC)c3OCC)c3ccccc3-c3ccccc32)c(OCC)c1OCC. The van der Waals surface area contributed by atoms with E-state index < -0.39 is 17.4 Å². The maximum Gasteiger partial charge on any atom is 0.338 e. The van der Waals surface area contributed by atoms with Crippen LogP contribution >= 0.6 is 0 Å². The maximum absolute atomic E-state index is 12.8. The molecule has 0 unspecified atom stereocenters. The van der Waals surface area contributed by atoms with Gasteiger partial charge in [0.2, 0.25) is 11.5 Å². The van der Waals surface area contributed by atoms with Gasteiger partial charge >= 0.3 is 11.9 Å².